The molecule has 156 valence electrons. The zero-order valence-electron chi connectivity index (χ0n) is 16.6. The molecule has 0 bridgehead atoms. The Labute approximate surface area is 169 Å². The molecule has 0 unspecified atom stereocenters. The van der Waals surface area contributed by atoms with Gasteiger partial charge in [0.2, 0.25) is 0 Å². The van der Waals surface area contributed by atoms with E-state index in [0.717, 1.165) is 11.3 Å². The highest BCUT2D eigenvalue weighted by Crippen LogP contribution is 2.28. The monoisotopic (exact) mass is 403 g/mol. The largest absolute Gasteiger partial charge is 0.444 e. The molecule has 0 spiro atoms. The number of aliphatic imine (C=N–C) groups is 1. The van der Waals surface area contributed by atoms with E-state index in [-0.39, 0.29) is 18.3 Å². The summed E-state index contributed by atoms with van der Waals surface area (Å²) in [6, 6.07) is 4.91. The summed E-state index contributed by atoms with van der Waals surface area (Å²) in [5.74, 6) is -0.986. The van der Waals surface area contributed by atoms with Crippen molar-refractivity contribution in [1.82, 2.24) is 5.32 Å². The van der Waals surface area contributed by atoms with Crippen LogP contribution in [0.2, 0.25) is 0 Å². The van der Waals surface area contributed by atoms with E-state index < -0.39 is 17.9 Å². The van der Waals surface area contributed by atoms with Crippen LogP contribution < -0.4 is 16.0 Å². The van der Waals surface area contributed by atoms with Gasteiger partial charge in [-0.15, -0.1) is 0 Å². The molecule has 4 N–H and O–H groups in total. The number of nitrogens with one attached hydrogen (secondary N) is 2. The highest BCUT2D eigenvalue weighted by atomic mass is 19.1. The van der Waals surface area contributed by atoms with Crippen LogP contribution in [-0.4, -0.2) is 44.6 Å². The summed E-state index contributed by atoms with van der Waals surface area (Å²) in [6.45, 7) is 8.66. The van der Waals surface area contributed by atoms with Gasteiger partial charge in [0.05, 0.1) is 18.4 Å². The van der Waals surface area contributed by atoms with Gasteiger partial charge in [-0.3, -0.25) is 15.7 Å². The number of hydrogen-bond donors (Lipinski definition) is 3. The van der Waals surface area contributed by atoms with E-state index in [1.165, 1.54) is 6.07 Å². The number of allylic oxidation sites excluding steroid dienone is 3. The average molecular weight is 403 g/mol. The average Bonchev–Trinajstić information content (AvgIpc) is 2.64. The Morgan fingerprint density at radius 1 is 1.45 bits per heavy atom. The van der Waals surface area contributed by atoms with Gasteiger partial charge in [-0.1, -0.05) is 18.2 Å². The first kappa shape index (κ1) is 22.1. The summed E-state index contributed by atoms with van der Waals surface area (Å²) < 4.78 is 25.4. The molecule has 1 aliphatic rings. The number of rotatable bonds is 8. The molecular weight excluding hydrogens is 377 g/mol. The highest BCUT2D eigenvalue weighted by Gasteiger charge is 2.30. The molecular formula is C20H26FN5O3. The standard InChI is InChI=1S/C20H26FN5O3/c1-13(7-8-14(2)24-3)11-28-16-9-26(10-16)17-6-4-5-15(18(17)21)12-29-20(27)25-19(22)23/h4-8,16H,3,9-12H2,1-2H3,(H4,22,23,25,27)/b13-7+,14-8-. The number of alkyl carbamates (subject to hydrolysis) is 1. The Morgan fingerprint density at radius 3 is 2.83 bits per heavy atom. The van der Waals surface area contributed by atoms with Crippen LogP contribution >= 0.6 is 0 Å². The lowest BCUT2D eigenvalue weighted by molar-refractivity contribution is 0.0488. The number of carbonyl (C=O) groups is 1. The topological polar surface area (TPSA) is 113 Å². The van der Waals surface area contributed by atoms with Crippen molar-refractivity contribution in [2.75, 3.05) is 24.6 Å². The van der Waals surface area contributed by atoms with Crippen LogP contribution in [0.25, 0.3) is 0 Å². The minimum atomic E-state index is -0.906. The van der Waals surface area contributed by atoms with Crippen LogP contribution in [0.5, 0.6) is 0 Å². The molecule has 0 aromatic heterocycles. The van der Waals surface area contributed by atoms with Gasteiger partial charge in [-0.25, -0.2) is 9.18 Å². The molecule has 29 heavy (non-hydrogen) atoms. The first-order valence-electron chi connectivity index (χ1n) is 9.02. The number of amides is 1. The minimum absolute atomic E-state index is 0.0154. The summed E-state index contributed by atoms with van der Waals surface area (Å²) in [5, 5.41) is 8.94. The fourth-order valence-corrected chi connectivity index (χ4v) is 2.56. The predicted molar refractivity (Wildman–Crippen MR) is 111 cm³/mol. The van der Waals surface area contributed by atoms with Crippen LogP contribution in [0.4, 0.5) is 14.9 Å². The fraction of sp³-hybridized carbons (Fsp3) is 0.350. The first-order valence-corrected chi connectivity index (χ1v) is 9.02. The second-order valence-electron chi connectivity index (χ2n) is 6.68. The fourth-order valence-electron chi connectivity index (χ4n) is 2.56. The number of ether oxygens (including phenoxy) is 2. The van der Waals surface area contributed by atoms with Gasteiger partial charge in [-0.05, 0) is 38.3 Å². The zero-order valence-corrected chi connectivity index (χ0v) is 16.6. The van der Waals surface area contributed by atoms with E-state index in [9.17, 15) is 9.18 Å². The zero-order chi connectivity index (χ0) is 21.4. The number of nitrogens with zero attached hydrogens (tertiary/aromatic N) is 2. The Hall–Kier alpha value is -3.20. The highest BCUT2D eigenvalue weighted by molar-refractivity contribution is 5.90. The summed E-state index contributed by atoms with van der Waals surface area (Å²) in [5.41, 5.74) is 7.60. The number of halogens is 1. The molecule has 1 aromatic carbocycles. The smallest absolute Gasteiger partial charge is 0.414 e. The molecule has 1 heterocycles. The summed E-state index contributed by atoms with van der Waals surface area (Å²) in [4.78, 5) is 17.1. The van der Waals surface area contributed by atoms with Crippen molar-refractivity contribution in [3.63, 3.8) is 0 Å². The van der Waals surface area contributed by atoms with E-state index in [4.69, 9.17) is 20.6 Å². The quantitative estimate of drug-likeness (QED) is 0.351. The van der Waals surface area contributed by atoms with Crippen LogP contribution in [0, 0.1) is 11.2 Å². The van der Waals surface area contributed by atoms with Gasteiger partial charge in [-0.2, -0.15) is 0 Å². The molecule has 8 nitrogen and oxygen atoms in total. The van der Waals surface area contributed by atoms with E-state index in [0.29, 0.717) is 25.4 Å². The number of nitrogens with two attached hydrogens (primary N) is 1. The second kappa shape index (κ2) is 10.4. The van der Waals surface area contributed by atoms with Gasteiger partial charge in [0.15, 0.2) is 11.8 Å². The normalized spacial score (nSPS) is 14.9. The van der Waals surface area contributed by atoms with Crippen molar-refractivity contribution >= 4 is 24.5 Å². The molecule has 2 rings (SSSR count). The molecule has 9 heteroatoms. The van der Waals surface area contributed by atoms with Crippen LogP contribution in [0.1, 0.15) is 19.4 Å². The lowest BCUT2D eigenvalue weighted by atomic mass is 10.1. The van der Waals surface area contributed by atoms with Gasteiger partial charge < -0.3 is 20.1 Å². The molecule has 0 atom stereocenters. The maximum atomic E-state index is 14.7. The van der Waals surface area contributed by atoms with Gasteiger partial charge in [0.25, 0.3) is 0 Å². The van der Waals surface area contributed by atoms with E-state index >= 15 is 0 Å². The Bertz CT molecular complexity index is 831. The van der Waals surface area contributed by atoms with Crippen LogP contribution in [0.3, 0.4) is 0 Å². The van der Waals surface area contributed by atoms with E-state index in [2.05, 4.69) is 11.7 Å². The van der Waals surface area contributed by atoms with Gasteiger partial charge in [0.1, 0.15) is 6.61 Å². The lowest BCUT2D eigenvalue weighted by Crippen LogP contribution is -2.52. The maximum absolute atomic E-state index is 14.7. The van der Waals surface area contributed by atoms with E-state index in [1.54, 1.807) is 12.1 Å². The third-order valence-corrected chi connectivity index (χ3v) is 4.25. The van der Waals surface area contributed by atoms with Crippen LogP contribution in [-0.2, 0) is 16.1 Å². The van der Waals surface area contributed by atoms with Gasteiger partial charge >= 0.3 is 6.09 Å². The van der Waals surface area contributed by atoms with Crippen molar-refractivity contribution < 1.29 is 18.7 Å². The third-order valence-electron chi connectivity index (χ3n) is 4.25. The summed E-state index contributed by atoms with van der Waals surface area (Å²) in [7, 11) is 0. The molecule has 0 radical (unpaired) electrons. The molecule has 0 aliphatic carbocycles. The maximum Gasteiger partial charge on any atom is 0.414 e. The van der Waals surface area contributed by atoms with Crippen LogP contribution in [0.15, 0.2) is 46.6 Å². The molecule has 1 amide bonds. The van der Waals surface area contributed by atoms with Crippen molar-refractivity contribution in [3.8, 4) is 0 Å². The minimum Gasteiger partial charge on any atom is -0.444 e. The molecule has 1 aromatic rings. The molecule has 1 fully saturated rings. The number of benzene rings is 1. The van der Waals surface area contributed by atoms with E-state index in [1.807, 2.05) is 36.2 Å². The first-order chi connectivity index (χ1) is 13.8. The van der Waals surface area contributed by atoms with Crippen molar-refractivity contribution in [3.05, 3.63) is 53.0 Å². The van der Waals surface area contributed by atoms with Crippen molar-refractivity contribution in [2.24, 2.45) is 10.7 Å². The lowest BCUT2D eigenvalue weighted by Gasteiger charge is -2.41. The Balaban J connectivity index is 1.85. The molecule has 0 saturated carbocycles. The second-order valence-corrected chi connectivity index (χ2v) is 6.68. The van der Waals surface area contributed by atoms with Crippen molar-refractivity contribution in [2.45, 2.75) is 26.6 Å². The molecule has 1 aliphatic heterocycles. The predicted octanol–water partition coefficient (Wildman–Crippen LogP) is 2.70. The van der Waals surface area contributed by atoms with Crippen molar-refractivity contribution in [1.29, 1.82) is 5.41 Å². The number of guanidine groups is 1. The SMILES string of the molecule is C=N/C(C)=C\C=C(/C)COC1CN(c2cccc(COC(=O)NC(=N)N)c2F)C1. The van der Waals surface area contributed by atoms with Gasteiger partial charge in [0, 0.05) is 24.4 Å². The molecule has 1 saturated heterocycles. The summed E-state index contributed by atoms with van der Waals surface area (Å²) >= 11 is 0. The number of anilines is 1. The summed E-state index contributed by atoms with van der Waals surface area (Å²) in [6.07, 6.45) is 2.92. The Kier molecular flexibility index (Phi) is 7.90. The number of hydrogen-bond acceptors (Lipinski definition) is 6. The number of carbonyl (C=O) groups excluding carboxylic acids is 1. The Morgan fingerprint density at radius 2 is 2.17 bits per heavy atom. The third kappa shape index (κ3) is 6.72.